The molecular formula is C22H25N3O4. The van der Waals surface area contributed by atoms with E-state index in [1.165, 1.54) is 10.9 Å². The zero-order valence-electron chi connectivity index (χ0n) is 16.7. The van der Waals surface area contributed by atoms with Crippen LogP contribution >= 0.6 is 0 Å². The van der Waals surface area contributed by atoms with Crippen LogP contribution in [0.15, 0.2) is 53.6 Å². The number of rotatable bonds is 9. The molecule has 0 radical (unpaired) electrons. The molecule has 0 aliphatic heterocycles. The minimum atomic E-state index is -0.326. The smallest absolute Gasteiger partial charge is 0.261 e. The molecule has 0 spiro atoms. The topological polar surface area (TPSA) is 82.5 Å². The summed E-state index contributed by atoms with van der Waals surface area (Å²) in [5, 5.41) is 3.29. The van der Waals surface area contributed by atoms with Gasteiger partial charge >= 0.3 is 0 Å². The Morgan fingerprint density at radius 2 is 1.76 bits per heavy atom. The molecule has 0 saturated heterocycles. The van der Waals surface area contributed by atoms with Crippen LogP contribution < -0.4 is 20.3 Å². The van der Waals surface area contributed by atoms with Gasteiger partial charge in [0.1, 0.15) is 6.54 Å². The summed E-state index contributed by atoms with van der Waals surface area (Å²) < 4.78 is 12.8. The number of carbonyl (C=O) groups is 1. The third-order valence-corrected chi connectivity index (χ3v) is 4.20. The molecule has 0 saturated carbocycles. The van der Waals surface area contributed by atoms with Crippen LogP contribution in [0.3, 0.4) is 0 Å². The summed E-state index contributed by atoms with van der Waals surface area (Å²) in [6.45, 7) is 5.07. The second-order valence-electron chi connectivity index (χ2n) is 6.60. The van der Waals surface area contributed by atoms with Gasteiger partial charge in [-0.15, -0.1) is 0 Å². The molecule has 3 aromatic rings. The van der Waals surface area contributed by atoms with E-state index >= 15 is 0 Å². The van der Waals surface area contributed by atoms with Crippen molar-refractivity contribution in [2.24, 2.45) is 0 Å². The molecule has 3 rings (SSSR count). The molecule has 152 valence electrons. The molecule has 1 aromatic heterocycles. The maximum atomic E-state index is 12.5. The van der Waals surface area contributed by atoms with Crippen molar-refractivity contribution in [1.82, 2.24) is 9.55 Å². The summed E-state index contributed by atoms with van der Waals surface area (Å²) >= 11 is 0. The number of nitrogens with one attached hydrogen (secondary N) is 1. The molecule has 0 fully saturated rings. The highest BCUT2D eigenvalue weighted by molar-refractivity contribution is 5.91. The van der Waals surface area contributed by atoms with E-state index in [-0.39, 0.29) is 18.0 Å². The van der Waals surface area contributed by atoms with Crippen molar-refractivity contribution >= 4 is 22.5 Å². The third-order valence-electron chi connectivity index (χ3n) is 4.20. The van der Waals surface area contributed by atoms with Crippen molar-refractivity contribution in [2.75, 3.05) is 18.5 Å². The van der Waals surface area contributed by atoms with Crippen LogP contribution in [-0.2, 0) is 11.3 Å². The number of carbonyl (C=O) groups excluding carboxylic acids is 1. The van der Waals surface area contributed by atoms with Gasteiger partial charge in [0.15, 0.2) is 11.5 Å². The number of amides is 1. The lowest BCUT2D eigenvalue weighted by molar-refractivity contribution is -0.116. The molecule has 1 N–H and O–H groups in total. The van der Waals surface area contributed by atoms with Crippen molar-refractivity contribution in [3.05, 3.63) is 59.1 Å². The van der Waals surface area contributed by atoms with Crippen molar-refractivity contribution in [1.29, 1.82) is 0 Å². The first-order valence-electron chi connectivity index (χ1n) is 9.76. The number of para-hydroxylation sites is 1. The van der Waals surface area contributed by atoms with Crippen LogP contribution in [0.5, 0.6) is 11.5 Å². The predicted octanol–water partition coefficient (Wildman–Crippen LogP) is 3.61. The van der Waals surface area contributed by atoms with E-state index in [0.29, 0.717) is 41.3 Å². The summed E-state index contributed by atoms with van der Waals surface area (Å²) in [4.78, 5) is 29.3. The highest BCUT2D eigenvalue weighted by atomic mass is 16.5. The number of anilines is 1. The second-order valence-corrected chi connectivity index (χ2v) is 6.60. The lowest BCUT2D eigenvalue weighted by Crippen LogP contribution is -2.27. The fourth-order valence-corrected chi connectivity index (χ4v) is 2.82. The molecule has 1 heterocycles. The van der Waals surface area contributed by atoms with Gasteiger partial charge in [-0.1, -0.05) is 26.0 Å². The number of fused-ring (bicyclic) bond motifs is 1. The van der Waals surface area contributed by atoms with Gasteiger partial charge in [0.2, 0.25) is 5.91 Å². The SMILES string of the molecule is CCCOc1ccc(NC(=O)Cn2cnc3ccccc3c2=O)cc1OCCC. The Morgan fingerprint density at radius 3 is 2.52 bits per heavy atom. The summed E-state index contributed by atoms with van der Waals surface area (Å²) in [7, 11) is 0. The van der Waals surface area contributed by atoms with Crippen molar-refractivity contribution in [2.45, 2.75) is 33.2 Å². The fourth-order valence-electron chi connectivity index (χ4n) is 2.82. The van der Waals surface area contributed by atoms with Gasteiger partial charge in [0.25, 0.3) is 5.56 Å². The number of benzene rings is 2. The predicted molar refractivity (Wildman–Crippen MR) is 113 cm³/mol. The minimum absolute atomic E-state index is 0.129. The van der Waals surface area contributed by atoms with E-state index in [2.05, 4.69) is 10.3 Å². The van der Waals surface area contributed by atoms with Gasteiger partial charge < -0.3 is 14.8 Å². The molecule has 0 aliphatic rings. The summed E-state index contributed by atoms with van der Waals surface area (Å²) in [5.41, 5.74) is 0.933. The zero-order valence-corrected chi connectivity index (χ0v) is 16.7. The van der Waals surface area contributed by atoms with E-state index in [9.17, 15) is 9.59 Å². The molecule has 7 heteroatoms. The highest BCUT2D eigenvalue weighted by Gasteiger charge is 2.11. The van der Waals surface area contributed by atoms with Crippen molar-refractivity contribution in [3.63, 3.8) is 0 Å². The lowest BCUT2D eigenvalue weighted by Gasteiger charge is -2.14. The molecule has 29 heavy (non-hydrogen) atoms. The van der Waals surface area contributed by atoms with Crippen LogP contribution in [0.4, 0.5) is 5.69 Å². The van der Waals surface area contributed by atoms with Crippen LogP contribution in [0.1, 0.15) is 26.7 Å². The summed E-state index contributed by atoms with van der Waals surface area (Å²) in [6.07, 6.45) is 3.14. The monoisotopic (exact) mass is 395 g/mol. The van der Waals surface area contributed by atoms with Crippen LogP contribution in [0.25, 0.3) is 10.9 Å². The largest absolute Gasteiger partial charge is 0.490 e. The Balaban J connectivity index is 1.74. The highest BCUT2D eigenvalue weighted by Crippen LogP contribution is 2.31. The number of aromatic nitrogens is 2. The van der Waals surface area contributed by atoms with Crippen LogP contribution in [0, 0.1) is 0 Å². The van der Waals surface area contributed by atoms with Crippen LogP contribution in [0.2, 0.25) is 0 Å². The van der Waals surface area contributed by atoms with Gasteiger partial charge in [0.05, 0.1) is 30.4 Å². The van der Waals surface area contributed by atoms with Gasteiger partial charge in [-0.3, -0.25) is 14.2 Å². The van der Waals surface area contributed by atoms with E-state index in [4.69, 9.17) is 9.47 Å². The zero-order chi connectivity index (χ0) is 20.6. The maximum absolute atomic E-state index is 12.5. The molecule has 1 amide bonds. The third kappa shape index (κ3) is 5.13. The number of nitrogens with zero attached hydrogens (tertiary/aromatic N) is 2. The first-order valence-corrected chi connectivity index (χ1v) is 9.76. The molecule has 0 aliphatic carbocycles. The lowest BCUT2D eigenvalue weighted by atomic mass is 10.2. The molecule has 0 bridgehead atoms. The Kier molecular flexibility index (Phi) is 6.84. The molecule has 0 atom stereocenters. The second kappa shape index (κ2) is 9.73. The van der Waals surface area contributed by atoms with Gasteiger partial charge in [0, 0.05) is 11.8 Å². The molecule has 0 unspecified atom stereocenters. The van der Waals surface area contributed by atoms with E-state index in [1.54, 1.807) is 36.4 Å². The van der Waals surface area contributed by atoms with Gasteiger partial charge in [-0.25, -0.2) is 4.98 Å². The average molecular weight is 395 g/mol. The molecular weight excluding hydrogens is 370 g/mol. The Hall–Kier alpha value is -3.35. The first kappa shape index (κ1) is 20.4. The Labute approximate surface area is 169 Å². The summed E-state index contributed by atoms with van der Waals surface area (Å²) in [5.74, 6) is 0.906. The minimum Gasteiger partial charge on any atom is -0.490 e. The first-order chi connectivity index (χ1) is 14.1. The van der Waals surface area contributed by atoms with E-state index in [0.717, 1.165) is 12.8 Å². The maximum Gasteiger partial charge on any atom is 0.261 e. The normalized spacial score (nSPS) is 10.7. The molecule has 7 nitrogen and oxygen atoms in total. The average Bonchev–Trinajstić information content (AvgIpc) is 2.73. The summed E-state index contributed by atoms with van der Waals surface area (Å²) in [6, 6.07) is 12.3. The number of hydrogen-bond donors (Lipinski definition) is 1. The Morgan fingerprint density at radius 1 is 1.03 bits per heavy atom. The van der Waals surface area contributed by atoms with Gasteiger partial charge in [-0.05, 0) is 37.1 Å². The number of ether oxygens (including phenoxy) is 2. The van der Waals surface area contributed by atoms with E-state index < -0.39 is 0 Å². The van der Waals surface area contributed by atoms with Crippen molar-refractivity contribution < 1.29 is 14.3 Å². The quantitative estimate of drug-likeness (QED) is 0.598. The fraction of sp³-hybridized carbons (Fsp3) is 0.318. The number of hydrogen-bond acceptors (Lipinski definition) is 5. The Bertz CT molecular complexity index is 1050. The van der Waals surface area contributed by atoms with Crippen LogP contribution in [-0.4, -0.2) is 28.7 Å². The van der Waals surface area contributed by atoms with Gasteiger partial charge in [-0.2, -0.15) is 0 Å². The van der Waals surface area contributed by atoms with E-state index in [1.807, 2.05) is 19.9 Å². The standard InChI is InChI=1S/C22H25N3O4/c1-3-11-28-19-10-9-16(13-20(19)29-12-4-2)24-21(26)14-25-15-23-18-8-6-5-7-17(18)22(25)27/h5-10,13,15H,3-4,11-12,14H2,1-2H3,(H,24,26). The molecule has 2 aromatic carbocycles. The van der Waals surface area contributed by atoms with Crippen molar-refractivity contribution in [3.8, 4) is 11.5 Å².